The van der Waals surface area contributed by atoms with Crippen molar-refractivity contribution in [3.8, 4) is 6.07 Å². The number of hydrogen-bond donors (Lipinski definition) is 2. The Kier molecular flexibility index (Phi) is 5.38. The minimum absolute atomic E-state index is 0.00398. The minimum atomic E-state index is -2.24. The second-order valence-electron chi connectivity index (χ2n) is 11.1. The van der Waals surface area contributed by atoms with Crippen LogP contribution in [0.25, 0.3) is 5.57 Å². The normalized spacial score (nSPS) is 30.3. The summed E-state index contributed by atoms with van der Waals surface area (Å²) in [6.45, 7) is 8.65. The average molecular weight is 495 g/mol. The third-order valence-electron chi connectivity index (χ3n) is 6.62. The molecule has 0 aromatic carbocycles. The molecular formula is C28H34N4O4. The van der Waals surface area contributed by atoms with Crippen molar-refractivity contribution in [1.29, 1.82) is 5.26 Å². The van der Waals surface area contributed by atoms with E-state index >= 15 is 0 Å². The molecule has 1 saturated heterocycles. The molecule has 190 valence electrons. The standard InChI is InChI=1S/C28H34N4O4/c1-26(2)10-8-17(9-11-26)23-18(12-22(33)24-30-16-20(15-29)31-24)6-7-21(32-23)19-13-27(3,4)36-28(5,14-19)25(34)35/h6-8,16,19H,9-14H2,1-5H3,(H,30,31)(H,34,35)/i8D,9D2,11D. The topological polar surface area (TPSA) is 129 Å². The third kappa shape index (κ3) is 5.41. The number of ether oxygens (including phenoxy) is 1. The Labute approximate surface area is 217 Å². The maximum atomic E-state index is 13.1. The van der Waals surface area contributed by atoms with Gasteiger partial charge in [-0.05, 0) is 75.4 Å². The number of aromatic nitrogens is 3. The monoisotopic (exact) mass is 494 g/mol. The van der Waals surface area contributed by atoms with Crippen molar-refractivity contribution in [3.63, 3.8) is 0 Å². The Hall–Kier alpha value is -3.31. The highest BCUT2D eigenvalue weighted by Crippen LogP contribution is 2.44. The van der Waals surface area contributed by atoms with E-state index in [0.29, 0.717) is 17.7 Å². The maximum Gasteiger partial charge on any atom is 0.335 e. The molecule has 0 spiro atoms. The van der Waals surface area contributed by atoms with Crippen LogP contribution in [0.2, 0.25) is 0 Å². The van der Waals surface area contributed by atoms with Crippen LogP contribution in [0.4, 0.5) is 0 Å². The molecule has 2 aromatic heterocycles. The lowest BCUT2D eigenvalue weighted by molar-refractivity contribution is -0.200. The summed E-state index contributed by atoms with van der Waals surface area (Å²) < 4.78 is 41.2. The number of Topliss-reactive ketones (excluding diaryl/α,β-unsaturated/α-hetero) is 1. The van der Waals surface area contributed by atoms with E-state index in [9.17, 15) is 14.7 Å². The molecule has 1 aliphatic carbocycles. The van der Waals surface area contributed by atoms with Crippen LogP contribution < -0.4 is 0 Å². The molecule has 8 heteroatoms. The number of aliphatic carboxylic acids is 1. The predicted octanol–water partition coefficient (Wildman–Crippen LogP) is 5.21. The van der Waals surface area contributed by atoms with Crippen molar-refractivity contribution in [2.45, 2.75) is 90.2 Å². The van der Waals surface area contributed by atoms with Crippen LogP contribution >= 0.6 is 0 Å². The molecule has 4 rings (SSSR count). The SMILES string of the molecule is [2H]C1=C(c2nc(C3CC(C)(C)OC(C)(C(=O)O)C3)ccc2CC(=O)c2ncc(C#N)[nH]2)C([2H])([2H])C([2H])C(C)(C)C1. The fourth-order valence-electron chi connectivity index (χ4n) is 4.87. The van der Waals surface area contributed by atoms with Crippen molar-refractivity contribution < 1.29 is 24.9 Å². The summed E-state index contributed by atoms with van der Waals surface area (Å²) in [5, 5.41) is 19.0. The number of carboxylic acid groups (broad SMARTS) is 1. The predicted molar refractivity (Wildman–Crippen MR) is 134 cm³/mol. The molecule has 36 heavy (non-hydrogen) atoms. The maximum absolute atomic E-state index is 13.1. The highest BCUT2D eigenvalue weighted by molar-refractivity contribution is 5.95. The van der Waals surface area contributed by atoms with Crippen molar-refractivity contribution in [2.24, 2.45) is 5.41 Å². The van der Waals surface area contributed by atoms with E-state index in [0.717, 1.165) is 0 Å². The van der Waals surface area contributed by atoms with Crippen LogP contribution in [-0.4, -0.2) is 43.0 Å². The molecule has 8 nitrogen and oxygen atoms in total. The molecule has 3 unspecified atom stereocenters. The smallest absolute Gasteiger partial charge is 0.335 e. The van der Waals surface area contributed by atoms with Gasteiger partial charge in [0, 0.05) is 22.1 Å². The molecular weight excluding hydrogens is 456 g/mol. The summed E-state index contributed by atoms with van der Waals surface area (Å²) in [5.41, 5.74) is -1.99. The van der Waals surface area contributed by atoms with Gasteiger partial charge in [0.15, 0.2) is 11.4 Å². The second kappa shape index (κ2) is 9.29. The van der Waals surface area contributed by atoms with E-state index in [1.807, 2.05) is 19.9 Å². The zero-order valence-corrected chi connectivity index (χ0v) is 21.2. The number of hydrogen-bond acceptors (Lipinski definition) is 6. The average Bonchev–Trinajstić information content (AvgIpc) is 3.31. The summed E-state index contributed by atoms with van der Waals surface area (Å²) in [6, 6.07) is 5.24. The summed E-state index contributed by atoms with van der Waals surface area (Å²) in [7, 11) is 0. The van der Waals surface area contributed by atoms with E-state index in [1.54, 1.807) is 26.0 Å². The number of ketones is 1. The van der Waals surface area contributed by atoms with Crippen LogP contribution in [0.15, 0.2) is 24.4 Å². The van der Waals surface area contributed by atoms with Gasteiger partial charge in [0.2, 0.25) is 5.78 Å². The van der Waals surface area contributed by atoms with Crippen LogP contribution in [0.1, 0.15) is 111 Å². The fourth-order valence-corrected chi connectivity index (χ4v) is 4.87. The molecule has 0 amide bonds. The van der Waals surface area contributed by atoms with E-state index in [2.05, 4.69) is 9.97 Å². The first-order valence-corrected chi connectivity index (χ1v) is 11.9. The fraction of sp³-hybridized carbons (Fsp3) is 0.536. The summed E-state index contributed by atoms with van der Waals surface area (Å²) in [4.78, 5) is 36.7. The number of rotatable bonds is 6. The molecule has 2 aliphatic rings. The molecule has 0 radical (unpaired) electrons. The lowest BCUT2D eigenvalue weighted by Crippen LogP contribution is -2.51. The van der Waals surface area contributed by atoms with Gasteiger partial charge in [-0.25, -0.2) is 9.78 Å². The number of aromatic amines is 1. The Morgan fingerprint density at radius 1 is 1.31 bits per heavy atom. The molecule has 1 aliphatic heterocycles. The first-order chi connectivity index (χ1) is 18.4. The van der Waals surface area contributed by atoms with Gasteiger partial charge in [-0.15, -0.1) is 0 Å². The number of nitrogens with zero attached hydrogens (tertiary/aromatic N) is 3. The molecule has 3 heterocycles. The molecule has 2 aromatic rings. The number of pyridine rings is 1. The van der Waals surface area contributed by atoms with Gasteiger partial charge in [-0.2, -0.15) is 5.26 Å². The summed E-state index contributed by atoms with van der Waals surface area (Å²) in [6.07, 6.45) is -1.68. The molecule has 2 N–H and O–H groups in total. The van der Waals surface area contributed by atoms with Gasteiger partial charge >= 0.3 is 5.97 Å². The highest BCUT2D eigenvalue weighted by atomic mass is 16.5. The van der Waals surface area contributed by atoms with Crippen LogP contribution in [0, 0.1) is 16.7 Å². The Balaban J connectivity index is 1.86. The van der Waals surface area contributed by atoms with E-state index in [4.69, 9.17) is 20.5 Å². The molecule has 3 atom stereocenters. The van der Waals surface area contributed by atoms with Crippen LogP contribution in [0.3, 0.4) is 0 Å². The molecule has 0 saturated carbocycles. The summed E-state index contributed by atoms with van der Waals surface area (Å²) in [5.74, 6) is -1.93. The van der Waals surface area contributed by atoms with Crippen molar-refractivity contribution in [1.82, 2.24) is 15.0 Å². The number of nitriles is 1. The number of H-pyrrole nitrogens is 1. The number of nitrogens with one attached hydrogen (secondary N) is 1. The minimum Gasteiger partial charge on any atom is -0.479 e. The largest absolute Gasteiger partial charge is 0.479 e. The van der Waals surface area contributed by atoms with Gasteiger partial charge < -0.3 is 14.8 Å². The zero-order valence-electron chi connectivity index (χ0n) is 25.2. The van der Waals surface area contributed by atoms with Gasteiger partial charge in [0.05, 0.1) is 18.9 Å². The molecule has 0 bridgehead atoms. The van der Waals surface area contributed by atoms with Crippen molar-refractivity contribution in [3.05, 3.63) is 52.9 Å². The van der Waals surface area contributed by atoms with Gasteiger partial charge in [-0.1, -0.05) is 26.0 Å². The van der Waals surface area contributed by atoms with Gasteiger partial charge in [0.1, 0.15) is 11.8 Å². The Bertz CT molecular complexity index is 1440. The van der Waals surface area contributed by atoms with Crippen molar-refractivity contribution in [2.75, 3.05) is 0 Å². The lowest BCUT2D eigenvalue weighted by atomic mass is 9.76. The number of imidazole rings is 1. The first kappa shape index (κ1) is 20.8. The Morgan fingerprint density at radius 3 is 2.72 bits per heavy atom. The lowest BCUT2D eigenvalue weighted by Gasteiger charge is -2.44. The number of carbonyl (C=O) groups is 2. The highest BCUT2D eigenvalue weighted by Gasteiger charge is 2.48. The number of carboxylic acids is 1. The number of allylic oxidation sites excluding steroid dienone is 2. The zero-order chi connectivity index (χ0) is 29.8. The van der Waals surface area contributed by atoms with E-state index in [1.165, 1.54) is 13.1 Å². The summed E-state index contributed by atoms with van der Waals surface area (Å²) >= 11 is 0. The quantitative estimate of drug-likeness (QED) is 0.527. The van der Waals surface area contributed by atoms with Gasteiger partial charge in [-0.3, -0.25) is 9.78 Å². The van der Waals surface area contributed by atoms with Crippen LogP contribution in [0.5, 0.6) is 0 Å². The molecule has 1 fully saturated rings. The van der Waals surface area contributed by atoms with E-state index in [-0.39, 0.29) is 54.0 Å². The first-order valence-electron chi connectivity index (χ1n) is 14.0. The Morgan fingerprint density at radius 2 is 2.06 bits per heavy atom. The second-order valence-corrected chi connectivity index (χ2v) is 11.1. The van der Waals surface area contributed by atoms with Crippen LogP contribution in [-0.2, 0) is 16.0 Å². The third-order valence-corrected chi connectivity index (χ3v) is 6.62. The van der Waals surface area contributed by atoms with Crippen molar-refractivity contribution >= 4 is 17.3 Å². The van der Waals surface area contributed by atoms with Gasteiger partial charge in [0.25, 0.3) is 0 Å². The number of carbonyl (C=O) groups excluding carboxylic acids is 1. The van der Waals surface area contributed by atoms with E-state index < -0.39 is 41.1 Å².